The molecule has 1 aliphatic rings. The van der Waals surface area contributed by atoms with Crippen LogP contribution in [0.15, 0.2) is 4.99 Å². The van der Waals surface area contributed by atoms with Gasteiger partial charge in [-0.1, -0.05) is 51.8 Å². The van der Waals surface area contributed by atoms with Crippen LogP contribution in [0.1, 0.15) is 79.1 Å². The van der Waals surface area contributed by atoms with Crippen LogP contribution in [0, 0.1) is 5.92 Å². The van der Waals surface area contributed by atoms with Crippen molar-refractivity contribution in [2.24, 2.45) is 16.6 Å². The summed E-state index contributed by atoms with van der Waals surface area (Å²) in [6, 6.07) is 0. The zero-order chi connectivity index (χ0) is 20.6. The Hall–Kier alpha value is -0.300. The van der Waals surface area contributed by atoms with Gasteiger partial charge in [0.2, 0.25) is 0 Å². The molecule has 0 radical (unpaired) electrons. The molecule has 5 nitrogen and oxygen atoms in total. The number of hydrogen-bond acceptors (Lipinski definition) is 5. The van der Waals surface area contributed by atoms with Crippen LogP contribution in [0.4, 0.5) is 0 Å². The Morgan fingerprint density at radius 2 is 1.57 bits per heavy atom. The molecule has 0 saturated heterocycles. The van der Waals surface area contributed by atoms with Gasteiger partial charge in [0.25, 0.3) is 0 Å². The summed E-state index contributed by atoms with van der Waals surface area (Å²) in [5.41, 5.74) is 6.11. The summed E-state index contributed by atoms with van der Waals surface area (Å²) in [6.07, 6.45) is 8.99. The molecule has 166 valence electrons. The molecule has 0 aromatic rings. The second-order valence-electron chi connectivity index (χ2n) is 7.66. The van der Waals surface area contributed by atoms with Crippen molar-refractivity contribution in [1.82, 2.24) is 0 Å². The van der Waals surface area contributed by atoms with Crippen LogP contribution in [0.25, 0.3) is 0 Å². The van der Waals surface area contributed by atoms with Gasteiger partial charge >= 0.3 is 0 Å². The summed E-state index contributed by atoms with van der Waals surface area (Å²) in [4.78, 5) is 4.36. The highest BCUT2D eigenvalue weighted by atomic mass is 32.2. The first kappa shape index (κ1) is 25.7. The fourth-order valence-electron chi connectivity index (χ4n) is 3.52. The topological polar surface area (TPSA) is 66.1 Å². The molecule has 0 bridgehead atoms. The normalized spacial score (nSPS) is 25.9. The highest BCUT2D eigenvalue weighted by Gasteiger charge is 2.40. The zero-order valence-electron chi connectivity index (χ0n) is 18.7. The smallest absolute Gasteiger partial charge is 0.154 e. The molecule has 4 atom stereocenters. The molecule has 0 aliphatic heterocycles. The van der Waals surface area contributed by atoms with Gasteiger partial charge in [0.15, 0.2) is 5.17 Å². The second kappa shape index (κ2) is 16.5. The van der Waals surface area contributed by atoms with E-state index in [2.05, 4.69) is 25.8 Å². The standard InChI is InChI=1S/C22H44N2O3S/c1-5-9-12-25-17-18-15-19(28-22(23)24-8-4)16-20(26-13-10-6-2)21(18)27-14-11-7-3/h18-21H,5-17H2,1-4H3,(H2,23,24)/t18-,19+,20-,21?/m1/s1. The van der Waals surface area contributed by atoms with E-state index in [0.717, 1.165) is 84.3 Å². The van der Waals surface area contributed by atoms with Crippen LogP contribution in [-0.4, -0.2) is 55.6 Å². The average Bonchev–Trinajstić information content (AvgIpc) is 2.67. The van der Waals surface area contributed by atoms with Crippen molar-refractivity contribution in [2.75, 3.05) is 33.0 Å². The minimum Gasteiger partial charge on any atom is -0.381 e. The molecule has 1 saturated carbocycles. The van der Waals surface area contributed by atoms with Crippen LogP contribution < -0.4 is 5.73 Å². The molecular weight excluding hydrogens is 372 g/mol. The molecule has 0 aromatic carbocycles. The van der Waals surface area contributed by atoms with Gasteiger partial charge in [-0.15, -0.1) is 0 Å². The van der Waals surface area contributed by atoms with Crippen LogP contribution in [0.5, 0.6) is 0 Å². The Balaban J connectivity index is 2.80. The molecule has 2 N–H and O–H groups in total. The van der Waals surface area contributed by atoms with Crippen molar-refractivity contribution in [3.63, 3.8) is 0 Å². The molecule has 28 heavy (non-hydrogen) atoms. The van der Waals surface area contributed by atoms with Gasteiger partial charge in [0.1, 0.15) is 0 Å². The van der Waals surface area contributed by atoms with E-state index < -0.39 is 0 Å². The summed E-state index contributed by atoms with van der Waals surface area (Å²) in [5.74, 6) is 0.348. The number of amidine groups is 1. The minimum absolute atomic E-state index is 0.115. The molecule has 6 heteroatoms. The number of thioether (sulfide) groups is 1. The summed E-state index contributed by atoms with van der Waals surface area (Å²) >= 11 is 1.70. The molecule has 1 aliphatic carbocycles. The van der Waals surface area contributed by atoms with Gasteiger partial charge in [-0.05, 0) is 39.0 Å². The van der Waals surface area contributed by atoms with E-state index in [1.165, 1.54) is 0 Å². The average molecular weight is 417 g/mol. The first-order valence-electron chi connectivity index (χ1n) is 11.4. The van der Waals surface area contributed by atoms with Crippen LogP contribution in [0.3, 0.4) is 0 Å². The summed E-state index contributed by atoms with van der Waals surface area (Å²) in [5, 5.41) is 1.10. The van der Waals surface area contributed by atoms with E-state index in [9.17, 15) is 0 Å². The third kappa shape index (κ3) is 10.5. The van der Waals surface area contributed by atoms with Crippen molar-refractivity contribution in [2.45, 2.75) is 96.5 Å². The van der Waals surface area contributed by atoms with Gasteiger partial charge in [-0.2, -0.15) is 0 Å². The number of hydrogen-bond donors (Lipinski definition) is 1. The largest absolute Gasteiger partial charge is 0.381 e. The van der Waals surface area contributed by atoms with Crippen molar-refractivity contribution >= 4 is 16.9 Å². The number of aliphatic imine (C=N–C) groups is 1. The molecule has 1 rings (SSSR count). The fraction of sp³-hybridized carbons (Fsp3) is 0.955. The Morgan fingerprint density at radius 3 is 2.21 bits per heavy atom. The quantitative estimate of drug-likeness (QED) is 0.231. The van der Waals surface area contributed by atoms with Gasteiger partial charge in [0, 0.05) is 37.5 Å². The summed E-state index contributed by atoms with van der Waals surface area (Å²) < 4.78 is 18.7. The lowest BCUT2D eigenvalue weighted by Crippen LogP contribution is -2.47. The Kier molecular flexibility index (Phi) is 15.2. The van der Waals surface area contributed by atoms with Gasteiger partial charge in [-0.3, -0.25) is 4.99 Å². The third-order valence-corrected chi connectivity index (χ3v) is 6.19. The number of nitrogens with two attached hydrogens (primary N) is 1. The zero-order valence-corrected chi connectivity index (χ0v) is 19.5. The molecule has 0 amide bonds. The van der Waals surface area contributed by atoms with E-state index in [-0.39, 0.29) is 12.2 Å². The molecule has 1 unspecified atom stereocenters. The number of nitrogens with zero attached hydrogens (tertiary/aromatic N) is 1. The van der Waals surface area contributed by atoms with Crippen molar-refractivity contribution in [1.29, 1.82) is 0 Å². The lowest BCUT2D eigenvalue weighted by atomic mass is 9.84. The van der Waals surface area contributed by atoms with E-state index in [0.29, 0.717) is 16.3 Å². The highest BCUT2D eigenvalue weighted by molar-refractivity contribution is 8.14. The maximum Gasteiger partial charge on any atom is 0.154 e. The Bertz CT molecular complexity index is 409. The first-order valence-corrected chi connectivity index (χ1v) is 12.3. The van der Waals surface area contributed by atoms with E-state index in [4.69, 9.17) is 19.9 Å². The van der Waals surface area contributed by atoms with Gasteiger partial charge in [0.05, 0.1) is 18.8 Å². The predicted octanol–water partition coefficient (Wildman–Crippen LogP) is 5.02. The first-order chi connectivity index (χ1) is 13.7. The molecular formula is C22H44N2O3S. The lowest BCUT2D eigenvalue weighted by molar-refractivity contribution is -0.129. The molecule has 0 heterocycles. The van der Waals surface area contributed by atoms with Crippen LogP contribution in [0.2, 0.25) is 0 Å². The van der Waals surface area contributed by atoms with Crippen LogP contribution in [-0.2, 0) is 14.2 Å². The second-order valence-corrected chi connectivity index (χ2v) is 8.98. The third-order valence-electron chi connectivity index (χ3n) is 5.11. The SMILES string of the molecule is CCCCOC[C@H]1C[C@H](SC(N)=NCC)C[C@@H](OCCCC)C1OCCCC. The molecule has 1 fully saturated rings. The van der Waals surface area contributed by atoms with Gasteiger partial charge < -0.3 is 19.9 Å². The van der Waals surface area contributed by atoms with Crippen molar-refractivity contribution in [3.8, 4) is 0 Å². The Morgan fingerprint density at radius 1 is 0.929 bits per heavy atom. The number of rotatable bonds is 15. The number of ether oxygens (including phenoxy) is 3. The molecule has 0 aromatic heterocycles. The van der Waals surface area contributed by atoms with E-state index in [1.54, 1.807) is 11.8 Å². The highest BCUT2D eigenvalue weighted by Crippen LogP contribution is 2.36. The maximum atomic E-state index is 6.36. The van der Waals surface area contributed by atoms with Crippen molar-refractivity contribution < 1.29 is 14.2 Å². The van der Waals surface area contributed by atoms with Crippen molar-refractivity contribution in [3.05, 3.63) is 0 Å². The summed E-state index contributed by atoms with van der Waals surface area (Å²) in [7, 11) is 0. The number of unbranched alkanes of at least 4 members (excludes halogenated alkanes) is 3. The summed E-state index contributed by atoms with van der Waals surface area (Å²) in [6.45, 7) is 12.5. The fourth-order valence-corrected chi connectivity index (χ4v) is 4.69. The minimum atomic E-state index is 0.115. The van der Waals surface area contributed by atoms with Crippen LogP contribution >= 0.6 is 11.8 Å². The predicted molar refractivity (Wildman–Crippen MR) is 121 cm³/mol. The Labute approximate surface area is 177 Å². The molecule has 0 spiro atoms. The monoisotopic (exact) mass is 416 g/mol. The maximum absolute atomic E-state index is 6.36. The van der Waals surface area contributed by atoms with E-state index >= 15 is 0 Å². The van der Waals surface area contributed by atoms with E-state index in [1.807, 2.05) is 6.92 Å². The lowest BCUT2D eigenvalue weighted by Gasteiger charge is -2.41. The van der Waals surface area contributed by atoms with Gasteiger partial charge in [-0.25, -0.2) is 0 Å².